The van der Waals surface area contributed by atoms with E-state index in [1.54, 1.807) is 0 Å². The Morgan fingerprint density at radius 2 is 0.913 bits per heavy atom. The number of anilines is 2. The summed E-state index contributed by atoms with van der Waals surface area (Å²) in [7, 11) is 0. The van der Waals surface area contributed by atoms with Gasteiger partial charge in [-0.15, -0.1) is 0 Å². The second-order valence-corrected chi connectivity index (χ2v) is 22.1. The number of nitrogens with zero attached hydrogens (tertiary/aromatic N) is 2. The molecule has 0 fully saturated rings. The highest BCUT2D eigenvalue weighted by atomic mass is 16.5. The number of carbonyl (C=O) groups excluding carboxylic acids is 1. The summed E-state index contributed by atoms with van der Waals surface area (Å²) in [6.45, 7) is 17.8. The van der Waals surface area contributed by atoms with E-state index in [0.29, 0.717) is 6.61 Å². The van der Waals surface area contributed by atoms with E-state index in [1.807, 2.05) is 6.92 Å². The minimum absolute atomic E-state index is 0.209. The Hall–Kier alpha value is -2.82. The number of aryl methyl sites for hydroxylation is 1. The van der Waals surface area contributed by atoms with E-state index in [2.05, 4.69) is 70.7 Å². The minimum atomic E-state index is -0.417. The van der Waals surface area contributed by atoms with E-state index < -0.39 is 5.41 Å². The molecule has 1 aliphatic rings. The number of nitrogen functional groups attached to an aromatic ring is 1. The number of hydrogen-bond donors (Lipinski definition) is 1. The number of fused-ring (bicyclic) bond motifs is 1. The van der Waals surface area contributed by atoms with Gasteiger partial charge in [0.25, 0.3) is 0 Å². The number of esters is 1. The van der Waals surface area contributed by atoms with E-state index in [9.17, 15) is 4.79 Å². The first kappa shape index (κ1) is 60.5. The summed E-state index contributed by atoms with van der Waals surface area (Å²) in [4.78, 5) is 22.1. The van der Waals surface area contributed by atoms with Crippen molar-refractivity contribution in [3.8, 4) is 0 Å². The SMILES string of the molecule is CCCCCCCCCCCCCCCCN(CCCCCCCCCCCCCCCC)c1cc2c(c(C)c1C(=O)OCC)C(C)(C)C(c1ccc(CCCCCCCCCCCC)cc1N)=N2. The summed E-state index contributed by atoms with van der Waals surface area (Å²) in [6, 6.07) is 8.93. The van der Waals surface area contributed by atoms with Gasteiger partial charge in [-0.1, -0.05) is 271 Å². The van der Waals surface area contributed by atoms with Crippen LogP contribution in [0.3, 0.4) is 0 Å². The van der Waals surface area contributed by atoms with Gasteiger partial charge in [0.05, 0.1) is 29.3 Å². The first-order chi connectivity index (χ1) is 33.7. The lowest BCUT2D eigenvalue weighted by atomic mass is 9.75. The molecule has 394 valence electrons. The predicted octanol–water partition coefficient (Wildman–Crippen LogP) is 20.4. The first-order valence-electron chi connectivity index (χ1n) is 30.3. The molecule has 0 amide bonds. The van der Waals surface area contributed by atoms with Crippen LogP contribution in [-0.4, -0.2) is 31.4 Å². The third-order valence-corrected chi connectivity index (χ3v) is 15.6. The maximum absolute atomic E-state index is 14.1. The highest BCUT2D eigenvalue weighted by molar-refractivity contribution is 6.16. The van der Waals surface area contributed by atoms with Gasteiger partial charge in [0.1, 0.15) is 0 Å². The number of rotatable bonds is 45. The van der Waals surface area contributed by atoms with Gasteiger partial charge in [-0.3, -0.25) is 4.99 Å². The van der Waals surface area contributed by atoms with Crippen molar-refractivity contribution in [3.05, 3.63) is 52.1 Å². The molecule has 0 saturated carbocycles. The van der Waals surface area contributed by atoms with Crippen LogP contribution in [0.15, 0.2) is 29.3 Å². The van der Waals surface area contributed by atoms with Crippen molar-refractivity contribution >= 4 is 28.7 Å². The third-order valence-electron chi connectivity index (χ3n) is 15.6. The number of hydrogen-bond acceptors (Lipinski definition) is 5. The normalized spacial score (nSPS) is 13.0. The Bertz CT molecular complexity index is 1630. The highest BCUT2D eigenvalue weighted by Gasteiger charge is 2.40. The maximum atomic E-state index is 14.1. The van der Waals surface area contributed by atoms with E-state index in [4.69, 9.17) is 15.5 Å². The third kappa shape index (κ3) is 23.5. The summed E-state index contributed by atoms with van der Waals surface area (Å²) in [5, 5.41) is 0. The zero-order valence-corrected chi connectivity index (χ0v) is 46.8. The van der Waals surface area contributed by atoms with Crippen LogP contribution >= 0.6 is 0 Å². The van der Waals surface area contributed by atoms with E-state index >= 15 is 0 Å². The molecule has 1 heterocycles. The lowest BCUT2D eigenvalue weighted by Gasteiger charge is -2.31. The molecular formula is C64H111N3O2. The molecule has 0 aromatic heterocycles. The molecule has 0 atom stereocenters. The van der Waals surface area contributed by atoms with Gasteiger partial charge >= 0.3 is 5.97 Å². The maximum Gasteiger partial charge on any atom is 0.340 e. The molecule has 3 rings (SSSR count). The zero-order chi connectivity index (χ0) is 49.8. The van der Waals surface area contributed by atoms with Crippen LogP contribution in [0.25, 0.3) is 0 Å². The van der Waals surface area contributed by atoms with Crippen molar-refractivity contribution in [2.75, 3.05) is 30.3 Å². The van der Waals surface area contributed by atoms with Crippen molar-refractivity contribution in [3.63, 3.8) is 0 Å². The average Bonchev–Trinajstić information content (AvgIpc) is 3.60. The number of carbonyl (C=O) groups is 1. The van der Waals surface area contributed by atoms with Crippen LogP contribution in [0.1, 0.15) is 318 Å². The van der Waals surface area contributed by atoms with Gasteiger partial charge in [0.2, 0.25) is 0 Å². The Morgan fingerprint density at radius 1 is 0.536 bits per heavy atom. The van der Waals surface area contributed by atoms with Gasteiger partial charge in [-0.2, -0.15) is 0 Å². The highest BCUT2D eigenvalue weighted by Crippen LogP contribution is 2.48. The largest absolute Gasteiger partial charge is 0.462 e. The number of aliphatic imine (C=N–C) groups is 1. The van der Waals surface area contributed by atoms with Crippen molar-refractivity contribution in [1.82, 2.24) is 0 Å². The van der Waals surface area contributed by atoms with E-state index in [-0.39, 0.29) is 5.97 Å². The lowest BCUT2D eigenvalue weighted by molar-refractivity contribution is 0.0526. The van der Waals surface area contributed by atoms with Crippen LogP contribution < -0.4 is 10.6 Å². The minimum Gasteiger partial charge on any atom is -0.462 e. The van der Waals surface area contributed by atoms with E-state index in [1.165, 1.54) is 237 Å². The van der Waals surface area contributed by atoms with Gasteiger partial charge in [0.15, 0.2) is 0 Å². The topological polar surface area (TPSA) is 67.9 Å². The molecule has 5 heteroatoms. The van der Waals surface area contributed by atoms with Crippen LogP contribution in [-0.2, 0) is 16.6 Å². The van der Waals surface area contributed by atoms with Gasteiger partial charge in [-0.25, -0.2) is 4.79 Å². The van der Waals surface area contributed by atoms with Crippen LogP contribution in [0.5, 0.6) is 0 Å². The van der Waals surface area contributed by atoms with Gasteiger partial charge in [0, 0.05) is 29.8 Å². The van der Waals surface area contributed by atoms with Crippen molar-refractivity contribution in [2.45, 2.75) is 304 Å². The molecule has 2 aromatic rings. The molecular weight excluding hydrogens is 843 g/mol. The van der Waals surface area contributed by atoms with E-state index in [0.717, 1.165) is 77.4 Å². The Balaban J connectivity index is 1.69. The molecule has 0 spiro atoms. The van der Waals surface area contributed by atoms with Crippen molar-refractivity contribution in [2.24, 2.45) is 4.99 Å². The first-order valence-corrected chi connectivity index (χ1v) is 30.3. The fourth-order valence-corrected chi connectivity index (χ4v) is 11.3. The fraction of sp³-hybridized carbons (Fsp3) is 0.781. The van der Waals surface area contributed by atoms with Gasteiger partial charge in [-0.05, 0) is 68.4 Å². The molecule has 5 nitrogen and oxygen atoms in total. The number of benzene rings is 2. The van der Waals surface area contributed by atoms with Crippen molar-refractivity contribution in [1.29, 1.82) is 0 Å². The second-order valence-electron chi connectivity index (χ2n) is 22.1. The monoisotopic (exact) mass is 954 g/mol. The summed E-state index contributed by atoms with van der Waals surface area (Å²) in [5.74, 6) is -0.209. The molecule has 0 radical (unpaired) electrons. The molecule has 0 aliphatic carbocycles. The number of ether oxygens (including phenoxy) is 1. The lowest BCUT2D eigenvalue weighted by Crippen LogP contribution is -2.31. The van der Waals surface area contributed by atoms with Crippen molar-refractivity contribution < 1.29 is 9.53 Å². The molecule has 0 bridgehead atoms. The standard InChI is InChI=1S/C64H111N3O2/c1-8-12-15-18-21-24-27-29-31-33-36-39-42-45-50-67(51-46-43-40-37-34-32-30-28-25-22-19-16-13-9-2)59-53-58-61(54(5)60(59)63(68)69-11-4)64(6,7)62(66-58)56-49-48-55(52-57(56)65)47-44-41-38-35-26-23-20-17-14-10-3/h48-49,52-53H,8-47,50-51,65H2,1-7H3. The molecule has 69 heavy (non-hydrogen) atoms. The summed E-state index contributed by atoms with van der Waals surface area (Å²) >= 11 is 0. The number of nitrogens with two attached hydrogens (primary N) is 1. The zero-order valence-electron chi connectivity index (χ0n) is 46.8. The molecule has 2 N–H and O–H groups in total. The molecule has 0 unspecified atom stereocenters. The van der Waals surface area contributed by atoms with Crippen LogP contribution in [0.2, 0.25) is 0 Å². The van der Waals surface area contributed by atoms with Gasteiger partial charge < -0.3 is 15.4 Å². The van der Waals surface area contributed by atoms with Crippen LogP contribution in [0.4, 0.5) is 17.1 Å². The summed E-state index contributed by atoms with van der Waals surface area (Å²) in [6.07, 6.45) is 52.4. The molecule has 1 aliphatic heterocycles. The quantitative estimate of drug-likeness (QED) is 0.0408. The average molecular weight is 955 g/mol. The van der Waals surface area contributed by atoms with Crippen LogP contribution in [0, 0.1) is 6.92 Å². The fourth-order valence-electron chi connectivity index (χ4n) is 11.3. The Labute approximate surface area is 428 Å². The Kier molecular flexibility index (Phi) is 33.2. The smallest absolute Gasteiger partial charge is 0.340 e. The Morgan fingerprint density at radius 3 is 1.29 bits per heavy atom. The summed E-state index contributed by atoms with van der Waals surface area (Å²) < 4.78 is 5.88. The number of unbranched alkanes of at least 4 members (excludes halogenated alkanes) is 35. The second kappa shape index (κ2) is 37.9. The predicted molar refractivity (Wildman–Crippen MR) is 306 cm³/mol. The molecule has 0 saturated heterocycles. The molecule has 2 aromatic carbocycles. The summed E-state index contributed by atoms with van der Waals surface area (Å²) in [5.41, 5.74) is 15.5.